The third kappa shape index (κ3) is 2.66. The molecular weight excluding hydrogens is 256 g/mol. The maximum absolute atomic E-state index is 8.93. The second-order valence-corrected chi connectivity index (χ2v) is 4.66. The average Bonchev–Trinajstić information content (AvgIpc) is 2.53. The smallest absolute Gasteiger partial charge is 0.229 e. The number of hydrogen-bond donors (Lipinski definition) is 2. The van der Waals surface area contributed by atoms with Gasteiger partial charge in [0.05, 0.1) is 17.5 Å². The van der Waals surface area contributed by atoms with E-state index in [1.807, 2.05) is 24.3 Å². The number of aromatic nitrogens is 2. The zero-order valence-corrected chi connectivity index (χ0v) is 11.2. The van der Waals surface area contributed by atoms with Crippen LogP contribution in [0.25, 0.3) is 10.9 Å². The highest BCUT2D eigenvalue weighted by molar-refractivity contribution is 5.84. The van der Waals surface area contributed by atoms with Crippen LogP contribution >= 0.6 is 0 Å². The van der Waals surface area contributed by atoms with Gasteiger partial charge in [-0.25, -0.2) is 4.98 Å². The molecule has 0 amide bonds. The molecule has 6 heteroatoms. The fourth-order valence-electron chi connectivity index (χ4n) is 2.29. The first kappa shape index (κ1) is 13.1. The molecule has 0 atom stereocenters. The van der Waals surface area contributed by atoms with E-state index in [-0.39, 0.29) is 13.2 Å². The van der Waals surface area contributed by atoms with Crippen LogP contribution in [0.15, 0.2) is 24.3 Å². The normalized spacial score (nSPS) is 15.6. The van der Waals surface area contributed by atoms with E-state index in [1.54, 1.807) is 0 Å². The molecule has 0 spiro atoms. The standard InChI is InChI=1S/C14H18N4O2/c19-9-10-20-13-11-3-1-2-4-12(11)16-14(17-13)18-7-5-15-6-8-18/h1-4,15,19H,5-10H2. The van der Waals surface area contributed by atoms with Crippen LogP contribution in [0.4, 0.5) is 5.95 Å². The molecule has 3 rings (SSSR count). The van der Waals surface area contributed by atoms with Gasteiger partial charge in [0.15, 0.2) is 0 Å². The van der Waals surface area contributed by atoms with Gasteiger partial charge in [-0.15, -0.1) is 0 Å². The molecule has 1 aliphatic heterocycles. The number of nitrogens with one attached hydrogen (secondary N) is 1. The van der Waals surface area contributed by atoms with Crippen molar-refractivity contribution in [2.75, 3.05) is 44.3 Å². The summed E-state index contributed by atoms with van der Waals surface area (Å²) in [5.74, 6) is 1.23. The van der Waals surface area contributed by atoms with Crippen LogP contribution < -0.4 is 15.0 Å². The molecule has 0 radical (unpaired) electrons. The first-order valence-electron chi connectivity index (χ1n) is 6.84. The number of rotatable bonds is 4. The Hall–Kier alpha value is -1.92. The highest BCUT2D eigenvalue weighted by atomic mass is 16.5. The van der Waals surface area contributed by atoms with E-state index in [0.29, 0.717) is 11.8 Å². The Morgan fingerprint density at radius 3 is 2.80 bits per heavy atom. The van der Waals surface area contributed by atoms with Gasteiger partial charge in [0.2, 0.25) is 11.8 Å². The third-order valence-electron chi connectivity index (χ3n) is 3.29. The number of aliphatic hydroxyl groups is 1. The van der Waals surface area contributed by atoms with E-state index in [4.69, 9.17) is 9.84 Å². The van der Waals surface area contributed by atoms with Crippen molar-refractivity contribution in [3.63, 3.8) is 0 Å². The molecule has 0 saturated carbocycles. The molecule has 20 heavy (non-hydrogen) atoms. The molecule has 1 aromatic heterocycles. The number of fused-ring (bicyclic) bond motifs is 1. The van der Waals surface area contributed by atoms with E-state index < -0.39 is 0 Å². The van der Waals surface area contributed by atoms with Gasteiger partial charge in [-0.05, 0) is 12.1 Å². The number of nitrogens with zero attached hydrogens (tertiary/aromatic N) is 3. The van der Waals surface area contributed by atoms with E-state index in [2.05, 4.69) is 20.2 Å². The fourth-order valence-corrected chi connectivity index (χ4v) is 2.29. The zero-order chi connectivity index (χ0) is 13.8. The van der Waals surface area contributed by atoms with Gasteiger partial charge < -0.3 is 20.1 Å². The number of benzene rings is 1. The molecule has 1 fully saturated rings. The Bertz CT molecular complexity index is 584. The minimum absolute atomic E-state index is 0.0265. The molecule has 0 unspecified atom stereocenters. The third-order valence-corrected chi connectivity index (χ3v) is 3.29. The molecule has 2 heterocycles. The minimum Gasteiger partial charge on any atom is -0.475 e. The van der Waals surface area contributed by atoms with Crippen LogP contribution in [0, 0.1) is 0 Å². The molecule has 106 valence electrons. The highest BCUT2D eigenvalue weighted by Gasteiger charge is 2.16. The average molecular weight is 274 g/mol. The Kier molecular flexibility index (Phi) is 3.94. The van der Waals surface area contributed by atoms with Crippen LogP contribution in [-0.4, -0.2) is 54.5 Å². The zero-order valence-electron chi connectivity index (χ0n) is 11.2. The van der Waals surface area contributed by atoms with E-state index in [9.17, 15) is 0 Å². The molecule has 6 nitrogen and oxygen atoms in total. The van der Waals surface area contributed by atoms with Gasteiger partial charge in [-0.3, -0.25) is 0 Å². The van der Waals surface area contributed by atoms with Crippen LogP contribution in [0.5, 0.6) is 5.88 Å². The predicted molar refractivity (Wildman–Crippen MR) is 77.2 cm³/mol. The van der Waals surface area contributed by atoms with Crippen molar-refractivity contribution in [3.05, 3.63) is 24.3 Å². The maximum Gasteiger partial charge on any atom is 0.229 e. The van der Waals surface area contributed by atoms with Gasteiger partial charge in [-0.1, -0.05) is 12.1 Å². The van der Waals surface area contributed by atoms with E-state index in [1.165, 1.54) is 0 Å². The number of aliphatic hydroxyl groups excluding tert-OH is 1. The van der Waals surface area contributed by atoms with Crippen molar-refractivity contribution >= 4 is 16.9 Å². The number of para-hydroxylation sites is 1. The molecule has 1 saturated heterocycles. The lowest BCUT2D eigenvalue weighted by Crippen LogP contribution is -2.44. The minimum atomic E-state index is -0.0265. The summed E-state index contributed by atoms with van der Waals surface area (Å²) in [6, 6.07) is 7.77. The van der Waals surface area contributed by atoms with Gasteiger partial charge in [0.1, 0.15) is 6.61 Å². The lowest BCUT2D eigenvalue weighted by Gasteiger charge is -2.27. The summed E-state index contributed by atoms with van der Waals surface area (Å²) in [6.07, 6.45) is 0. The van der Waals surface area contributed by atoms with E-state index >= 15 is 0 Å². The van der Waals surface area contributed by atoms with Gasteiger partial charge >= 0.3 is 0 Å². The summed E-state index contributed by atoms with van der Waals surface area (Å²) in [5.41, 5.74) is 0.865. The number of hydrogen-bond acceptors (Lipinski definition) is 6. The van der Waals surface area contributed by atoms with Crippen molar-refractivity contribution in [1.29, 1.82) is 0 Å². The topological polar surface area (TPSA) is 70.5 Å². The van der Waals surface area contributed by atoms with Crippen LogP contribution in [0.2, 0.25) is 0 Å². The van der Waals surface area contributed by atoms with Crippen LogP contribution in [0.3, 0.4) is 0 Å². The first-order valence-corrected chi connectivity index (χ1v) is 6.84. The molecule has 2 aromatic rings. The molecule has 0 aliphatic carbocycles. The lowest BCUT2D eigenvalue weighted by atomic mass is 10.2. The largest absolute Gasteiger partial charge is 0.475 e. The van der Waals surface area contributed by atoms with Crippen molar-refractivity contribution in [1.82, 2.24) is 15.3 Å². The molecule has 2 N–H and O–H groups in total. The summed E-state index contributed by atoms with van der Waals surface area (Å²) in [5, 5.41) is 13.1. The molecule has 1 aromatic carbocycles. The number of piperazine rings is 1. The summed E-state index contributed by atoms with van der Waals surface area (Å²) in [6.45, 7) is 3.85. The Morgan fingerprint density at radius 2 is 2.00 bits per heavy atom. The van der Waals surface area contributed by atoms with Gasteiger partial charge in [-0.2, -0.15) is 4.98 Å². The van der Waals surface area contributed by atoms with E-state index in [0.717, 1.165) is 37.1 Å². The lowest BCUT2D eigenvalue weighted by molar-refractivity contribution is 0.198. The van der Waals surface area contributed by atoms with Crippen molar-refractivity contribution in [3.8, 4) is 5.88 Å². The SMILES string of the molecule is OCCOc1nc(N2CCNCC2)nc2ccccc12. The van der Waals surface area contributed by atoms with Gasteiger partial charge in [0, 0.05) is 26.2 Å². The second kappa shape index (κ2) is 6.02. The summed E-state index contributed by atoms with van der Waals surface area (Å²) in [7, 11) is 0. The predicted octanol–water partition coefficient (Wildman–Crippen LogP) is 0.410. The Balaban J connectivity index is 1.99. The Labute approximate surface area is 117 Å². The first-order chi connectivity index (χ1) is 9.88. The molecule has 1 aliphatic rings. The van der Waals surface area contributed by atoms with Crippen molar-refractivity contribution in [2.24, 2.45) is 0 Å². The monoisotopic (exact) mass is 274 g/mol. The fraction of sp³-hybridized carbons (Fsp3) is 0.429. The van der Waals surface area contributed by atoms with Crippen LogP contribution in [0.1, 0.15) is 0 Å². The summed E-state index contributed by atoms with van der Waals surface area (Å²) in [4.78, 5) is 11.3. The maximum atomic E-state index is 8.93. The van der Waals surface area contributed by atoms with Gasteiger partial charge in [0.25, 0.3) is 0 Å². The van der Waals surface area contributed by atoms with Crippen molar-refractivity contribution < 1.29 is 9.84 Å². The quantitative estimate of drug-likeness (QED) is 0.841. The summed E-state index contributed by atoms with van der Waals surface area (Å²) >= 11 is 0. The molecule has 0 bridgehead atoms. The number of anilines is 1. The second-order valence-electron chi connectivity index (χ2n) is 4.66. The number of ether oxygens (including phenoxy) is 1. The highest BCUT2D eigenvalue weighted by Crippen LogP contribution is 2.25. The summed E-state index contributed by atoms with van der Waals surface area (Å²) < 4.78 is 5.56. The molecular formula is C14H18N4O2. The Morgan fingerprint density at radius 1 is 1.20 bits per heavy atom. The van der Waals surface area contributed by atoms with Crippen molar-refractivity contribution in [2.45, 2.75) is 0 Å². The van der Waals surface area contributed by atoms with Crippen LogP contribution in [-0.2, 0) is 0 Å².